The van der Waals surface area contributed by atoms with Gasteiger partial charge in [-0.15, -0.1) is 0 Å². The predicted octanol–water partition coefficient (Wildman–Crippen LogP) is 3.66. The lowest BCUT2D eigenvalue weighted by atomic mass is 10.0. The molecule has 1 aromatic heterocycles. The van der Waals surface area contributed by atoms with Crippen LogP contribution >= 0.6 is 0 Å². The van der Waals surface area contributed by atoms with Gasteiger partial charge in [0.05, 0.1) is 30.8 Å². The third-order valence-corrected chi connectivity index (χ3v) is 9.41. The van der Waals surface area contributed by atoms with E-state index in [1.165, 1.54) is 21.7 Å². The van der Waals surface area contributed by atoms with Gasteiger partial charge in [-0.25, -0.2) is 4.39 Å². The number of aromatic nitrogens is 2. The predicted molar refractivity (Wildman–Crippen MR) is 159 cm³/mol. The van der Waals surface area contributed by atoms with Crippen molar-refractivity contribution in [3.05, 3.63) is 53.0 Å². The number of carbonyl (C=O) groups excluding carboxylic acids is 1. The summed E-state index contributed by atoms with van der Waals surface area (Å²) in [6.07, 6.45) is 5.35. The number of nitrogens with zero attached hydrogens (tertiary/aromatic N) is 7. The van der Waals surface area contributed by atoms with Gasteiger partial charge in [0.15, 0.2) is 5.83 Å². The van der Waals surface area contributed by atoms with Gasteiger partial charge in [0, 0.05) is 43.5 Å². The second-order valence-corrected chi connectivity index (χ2v) is 12.3. The molecule has 1 amide bonds. The number of rotatable bonds is 7. The fourth-order valence-corrected chi connectivity index (χ4v) is 7.17. The number of hydrogen-bond donors (Lipinski definition) is 0. The lowest BCUT2D eigenvalue weighted by molar-refractivity contribution is -0.131. The number of fused-ring (bicyclic) bond motifs is 2. The van der Waals surface area contributed by atoms with Gasteiger partial charge in [0.25, 0.3) is 5.91 Å². The van der Waals surface area contributed by atoms with E-state index in [1.807, 2.05) is 0 Å². The highest BCUT2D eigenvalue weighted by Gasteiger charge is 2.35. The molecule has 1 unspecified atom stereocenters. The Kier molecular flexibility index (Phi) is 8.04. The molecule has 1 aliphatic carbocycles. The number of piperazine rings is 1. The van der Waals surface area contributed by atoms with Crippen LogP contribution in [0.5, 0.6) is 6.01 Å². The molecule has 1 aromatic carbocycles. The zero-order valence-electron chi connectivity index (χ0n) is 24.7. The Labute approximate surface area is 247 Å². The molecule has 0 N–H and O–H groups in total. The van der Waals surface area contributed by atoms with Gasteiger partial charge >= 0.3 is 6.01 Å². The average Bonchev–Trinajstić information content (AvgIpc) is 3.58. The van der Waals surface area contributed by atoms with E-state index in [2.05, 4.69) is 59.5 Å². The van der Waals surface area contributed by atoms with Crippen LogP contribution in [-0.4, -0.2) is 84.1 Å². The smallest absolute Gasteiger partial charge is 0.318 e. The van der Waals surface area contributed by atoms with Crippen LogP contribution in [0.1, 0.15) is 48.6 Å². The number of halogens is 1. The number of amides is 1. The van der Waals surface area contributed by atoms with E-state index in [0.717, 1.165) is 62.3 Å². The van der Waals surface area contributed by atoms with Gasteiger partial charge in [-0.2, -0.15) is 15.2 Å². The summed E-state index contributed by atoms with van der Waals surface area (Å²) >= 11 is 0. The van der Waals surface area contributed by atoms with Crippen molar-refractivity contribution >= 4 is 17.4 Å². The molecule has 10 heteroatoms. The first-order valence-corrected chi connectivity index (χ1v) is 15.2. The standard InChI is InChI=1S/C32H40FN7O2/c1-21-16-23-6-4-8-29(27(23)17-21)38-13-10-26-28(19-38)35-32(42-20-25-7-5-12-37(25)3)36-30(26)39-14-15-40(31(41)22(2)33)24(18-39)9-11-34/h4,6,8,21,24-25H,2,5,7,9-10,12-20H2,1,3H3/t21?,24-,25-/m0/s1. The first kappa shape index (κ1) is 28.4. The van der Waals surface area contributed by atoms with Gasteiger partial charge in [-0.3, -0.25) is 4.79 Å². The molecule has 0 bridgehead atoms. The quantitative estimate of drug-likeness (QED) is 0.464. The zero-order chi connectivity index (χ0) is 29.4. The third kappa shape index (κ3) is 5.54. The second-order valence-electron chi connectivity index (χ2n) is 12.3. The first-order chi connectivity index (χ1) is 20.3. The molecule has 6 rings (SSSR count). The highest BCUT2D eigenvalue weighted by molar-refractivity contribution is 5.91. The molecule has 2 aromatic rings. The summed E-state index contributed by atoms with van der Waals surface area (Å²) in [5.74, 6) is -0.289. The fraction of sp³-hybridized carbons (Fsp3) is 0.562. The van der Waals surface area contributed by atoms with Gasteiger partial charge in [0.1, 0.15) is 12.4 Å². The molecule has 0 saturated carbocycles. The van der Waals surface area contributed by atoms with Crippen molar-refractivity contribution in [3.8, 4) is 12.1 Å². The molecule has 42 heavy (non-hydrogen) atoms. The van der Waals surface area contributed by atoms with Gasteiger partial charge < -0.3 is 24.3 Å². The number of nitriles is 1. The monoisotopic (exact) mass is 573 g/mol. The second kappa shape index (κ2) is 11.9. The van der Waals surface area contributed by atoms with E-state index in [0.29, 0.717) is 44.2 Å². The van der Waals surface area contributed by atoms with E-state index in [1.54, 1.807) is 0 Å². The zero-order valence-corrected chi connectivity index (χ0v) is 24.7. The van der Waals surface area contributed by atoms with Crippen LogP contribution in [0.3, 0.4) is 0 Å². The van der Waals surface area contributed by atoms with E-state index in [4.69, 9.17) is 14.7 Å². The maximum Gasteiger partial charge on any atom is 0.318 e. The molecule has 2 saturated heterocycles. The van der Waals surface area contributed by atoms with Crippen LogP contribution in [0.4, 0.5) is 15.9 Å². The van der Waals surface area contributed by atoms with Crippen LogP contribution < -0.4 is 14.5 Å². The summed E-state index contributed by atoms with van der Waals surface area (Å²) in [6.45, 7) is 9.76. The Morgan fingerprint density at radius 1 is 1.14 bits per heavy atom. The summed E-state index contributed by atoms with van der Waals surface area (Å²) in [4.78, 5) is 30.7. The SMILES string of the molecule is C=C(F)C(=O)N1CCN(c2nc(OC[C@@H]3CCCN3C)nc3c2CCN(c2cccc4c2CC(C)C4)C3)C[C@@H]1CC#N. The van der Waals surface area contributed by atoms with Gasteiger partial charge in [-0.1, -0.05) is 25.6 Å². The number of carbonyl (C=O) groups is 1. The van der Waals surface area contributed by atoms with Crippen molar-refractivity contribution in [2.45, 2.75) is 64.1 Å². The summed E-state index contributed by atoms with van der Waals surface area (Å²) < 4.78 is 20.1. The number of likely N-dealkylation sites (tertiary alicyclic amines) is 1. The molecule has 222 valence electrons. The molecule has 4 heterocycles. The molecule has 0 radical (unpaired) electrons. The maximum atomic E-state index is 13.8. The van der Waals surface area contributed by atoms with Crippen molar-refractivity contribution in [1.82, 2.24) is 19.8 Å². The van der Waals surface area contributed by atoms with Crippen molar-refractivity contribution in [2.75, 3.05) is 56.2 Å². The van der Waals surface area contributed by atoms with E-state index in [9.17, 15) is 14.4 Å². The molecule has 4 aliphatic rings. The van der Waals surface area contributed by atoms with Crippen LogP contribution in [0.15, 0.2) is 30.6 Å². The summed E-state index contributed by atoms with van der Waals surface area (Å²) in [5, 5.41) is 9.49. The largest absolute Gasteiger partial charge is 0.462 e. The summed E-state index contributed by atoms with van der Waals surface area (Å²) in [6, 6.07) is 9.07. The Hall–Kier alpha value is -3.71. The molecular formula is C32H40FN7O2. The van der Waals surface area contributed by atoms with Crippen molar-refractivity contribution < 1.29 is 13.9 Å². The molecule has 2 fully saturated rings. The molecule has 3 atom stereocenters. The topological polar surface area (TPSA) is 88.8 Å². The first-order valence-electron chi connectivity index (χ1n) is 15.2. The number of hydrogen-bond acceptors (Lipinski definition) is 8. The van der Waals surface area contributed by atoms with Crippen molar-refractivity contribution in [1.29, 1.82) is 5.26 Å². The van der Waals surface area contributed by atoms with Crippen molar-refractivity contribution in [2.24, 2.45) is 5.92 Å². The van der Waals surface area contributed by atoms with Crippen molar-refractivity contribution in [3.63, 3.8) is 0 Å². The average molecular weight is 574 g/mol. The minimum Gasteiger partial charge on any atom is -0.462 e. The van der Waals surface area contributed by atoms with E-state index in [-0.39, 0.29) is 13.0 Å². The van der Waals surface area contributed by atoms with E-state index >= 15 is 0 Å². The normalized spacial score (nSPS) is 23.9. The highest BCUT2D eigenvalue weighted by atomic mass is 19.1. The minimum atomic E-state index is -1.000. The third-order valence-electron chi connectivity index (χ3n) is 9.41. The van der Waals surface area contributed by atoms with Gasteiger partial charge in [-0.05, 0) is 68.8 Å². The Balaban J connectivity index is 1.31. The minimum absolute atomic E-state index is 0.103. The molecule has 0 spiro atoms. The Morgan fingerprint density at radius 2 is 2.00 bits per heavy atom. The van der Waals surface area contributed by atoms with Crippen LogP contribution in [0.25, 0.3) is 0 Å². The summed E-state index contributed by atoms with van der Waals surface area (Å²) in [7, 11) is 2.12. The van der Waals surface area contributed by atoms with Crippen LogP contribution in [-0.2, 0) is 30.6 Å². The molecule has 3 aliphatic heterocycles. The lowest BCUT2D eigenvalue weighted by Gasteiger charge is -2.42. The molecule has 9 nitrogen and oxygen atoms in total. The Morgan fingerprint density at radius 3 is 2.76 bits per heavy atom. The number of benzene rings is 1. The maximum absolute atomic E-state index is 13.8. The summed E-state index contributed by atoms with van der Waals surface area (Å²) in [5.41, 5.74) is 6.24. The number of ether oxygens (including phenoxy) is 1. The lowest BCUT2D eigenvalue weighted by Crippen LogP contribution is -2.55. The van der Waals surface area contributed by atoms with E-state index < -0.39 is 17.8 Å². The van der Waals surface area contributed by atoms with Crippen LogP contribution in [0.2, 0.25) is 0 Å². The highest BCUT2D eigenvalue weighted by Crippen LogP contribution is 2.38. The number of likely N-dealkylation sites (N-methyl/N-ethyl adjacent to an activating group) is 1. The Bertz CT molecular complexity index is 1410. The molecular weight excluding hydrogens is 533 g/mol. The van der Waals surface area contributed by atoms with Gasteiger partial charge in [0.2, 0.25) is 0 Å². The van der Waals surface area contributed by atoms with Crippen LogP contribution in [0, 0.1) is 17.2 Å². The fourth-order valence-electron chi connectivity index (χ4n) is 7.17. The number of anilines is 2.